The number of hydrogen-bond acceptors (Lipinski definition) is 4. The van der Waals surface area contributed by atoms with Crippen LogP contribution in [-0.2, 0) is 4.79 Å². The van der Waals surface area contributed by atoms with Gasteiger partial charge in [0, 0.05) is 30.8 Å². The number of aromatic amines is 1. The topological polar surface area (TPSA) is 78.1 Å². The van der Waals surface area contributed by atoms with E-state index in [0.29, 0.717) is 4.88 Å². The number of carbonyl (C=O) groups excluding carboxylic acids is 2. The van der Waals surface area contributed by atoms with Crippen molar-refractivity contribution in [3.05, 3.63) is 52.0 Å². The summed E-state index contributed by atoms with van der Waals surface area (Å²) in [6.45, 7) is 1.95. The number of amides is 2. The second-order valence-electron chi connectivity index (χ2n) is 7.22. The lowest BCUT2D eigenvalue weighted by Crippen LogP contribution is -2.28. The van der Waals surface area contributed by atoms with Crippen molar-refractivity contribution in [3.63, 3.8) is 0 Å². The Morgan fingerprint density at radius 2 is 2.04 bits per heavy atom. The summed E-state index contributed by atoms with van der Waals surface area (Å²) in [4.78, 5) is 35.8. The van der Waals surface area contributed by atoms with Crippen molar-refractivity contribution in [2.24, 2.45) is 5.92 Å². The molecule has 140 valence electrons. The number of nitrogens with one attached hydrogen (secondary N) is 2. The average molecular weight is 382 g/mol. The third-order valence-electron chi connectivity index (χ3n) is 4.92. The summed E-state index contributed by atoms with van der Waals surface area (Å²) in [5.74, 6) is 1.02. The Morgan fingerprint density at radius 3 is 2.78 bits per heavy atom. The summed E-state index contributed by atoms with van der Waals surface area (Å²) < 4.78 is 0. The van der Waals surface area contributed by atoms with E-state index in [4.69, 9.17) is 0 Å². The normalized spacial score (nSPS) is 19.7. The quantitative estimate of drug-likeness (QED) is 0.711. The van der Waals surface area contributed by atoms with Gasteiger partial charge in [-0.2, -0.15) is 0 Å². The number of fused-ring (bicyclic) bond motifs is 1. The van der Waals surface area contributed by atoms with Crippen molar-refractivity contribution in [1.29, 1.82) is 0 Å². The molecule has 4 rings (SSSR count). The molecule has 2 amide bonds. The van der Waals surface area contributed by atoms with E-state index in [0.717, 1.165) is 28.2 Å². The van der Waals surface area contributed by atoms with E-state index in [1.165, 1.54) is 11.3 Å². The van der Waals surface area contributed by atoms with Gasteiger partial charge in [-0.1, -0.05) is 12.1 Å². The molecule has 2 N–H and O–H groups in total. The summed E-state index contributed by atoms with van der Waals surface area (Å²) in [5.41, 5.74) is 1.94. The van der Waals surface area contributed by atoms with Gasteiger partial charge in [-0.15, -0.1) is 11.3 Å². The lowest BCUT2D eigenvalue weighted by Gasteiger charge is -2.12. The molecule has 3 atom stereocenters. The summed E-state index contributed by atoms with van der Waals surface area (Å²) >= 11 is 1.43. The zero-order chi connectivity index (χ0) is 19.1. The van der Waals surface area contributed by atoms with E-state index in [2.05, 4.69) is 15.3 Å². The van der Waals surface area contributed by atoms with Crippen molar-refractivity contribution in [3.8, 4) is 0 Å². The lowest BCUT2D eigenvalue weighted by molar-refractivity contribution is -0.123. The first kappa shape index (κ1) is 17.7. The van der Waals surface area contributed by atoms with E-state index < -0.39 is 0 Å². The third kappa shape index (κ3) is 3.47. The minimum Gasteiger partial charge on any atom is -0.349 e. The van der Waals surface area contributed by atoms with Crippen molar-refractivity contribution in [1.82, 2.24) is 20.2 Å². The summed E-state index contributed by atoms with van der Waals surface area (Å²) in [6, 6.07) is 11.5. The molecule has 1 aliphatic rings. The van der Waals surface area contributed by atoms with Gasteiger partial charge in [-0.05, 0) is 37.6 Å². The van der Waals surface area contributed by atoms with Gasteiger partial charge in [0.25, 0.3) is 5.91 Å². The number of nitrogens with zero attached hydrogens (tertiary/aromatic N) is 2. The molecule has 1 saturated carbocycles. The van der Waals surface area contributed by atoms with E-state index >= 15 is 0 Å². The predicted octanol–water partition coefficient (Wildman–Crippen LogP) is 3.31. The predicted molar refractivity (Wildman–Crippen MR) is 106 cm³/mol. The van der Waals surface area contributed by atoms with Crippen molar-refractivity contribution in [2.75, 3.05) is 14.1 Å². The fourth-order valence-corrected chi connectivity index (χ4v) is 4.28. The molecule has 1 fully saturated rings. The van der Waals surface area contributed by atoms with Gasteiger partial charge in [0.2, 0.25) is 5.91 Å². The fourth-order valence-electron chi connectivity index (χ4n) is 3.25. The van der Waals surface area contributed by atoms with Gasteiger partial charge >= 0.3 is 0 Å². The van der Waals surface area contributed by atoms with E-state index in [1.54, 1.807) is 19.0 Å². The lowest BCUT2D eigenvalue weighted by atomic mass is 10.2. The third-order valence-corrected chi connectivity index (χ3v) is 6.17. The SMILES string of the molecule is CC(NC(=O)C1CC1c1nc2ccccc2[nH]1)c1ccc(C(=O)N(C)C)s1. The van der Waals surface area contributed by atoms with Crippen LogP contribution in [0.25, 0.3) is 11.0 Å². The van der Waals surface area contributed by atoms with Crippen LogP contribution in [0, 0.1) is 5.92 Å². The highest BCUT2D eigenvalue weighted by Gasteiger charge is 2.46. The molecule has 27 heavy (non-hydrogen) atoms. The molecule has 0 bridgehead atoms. The number of thiophene rings is 1. The Labute approximate surface area is 161 Å². The van der Waals surface area contributed by atoms with Crippen LogP contribution < -0.4 is 5.32 Å². The van der Waals surface area contributed by atoms with Crippen molar-refractivity contribution >= 4 is 34.2 Å². The summed E-state index contributed by atoms with van der Waals surface area (Å²) in [6.07, 6.45) is 0.813. The van der Waals surface area contributed by atoms with Crippen LogP contribution in [0.3, 0.4) is 0 Å². The van der Waals surface area contributed by atoms with Crippen LogP contribution in [0.5, 0.6) is 0 Å². The molecular formula is C20H22N4O2S. The molecule has 2 aromatic heterocycles. The molecule has 1 aromatic carbocycles. The van der Waals surface area contributed by atoms with Crippen LogP contribution in [0.4, 0.5) is 0 Å². The molecule has 0 aliphatic heterocycles. The minimum atomic E-state index is -0.122. The largest absolute Gasteiger partial charge is 0.349 e. The first-order chi connectivity index (χ1) is 12.9. The summed E-state index contributed by atoms with van der Waals surface area (Å²) in [7, 11) is 3.47. The first-order valence-corrected chi connectivity index (χ1v) is 9.82. The number of benzene rings is 1. The second kappa shape index (κ2) is 6.81. The van der Waals surface area contributed by atoms with Gasteiger partial charge in [-0.25, -0.2) is 4.98 Å². The number of imidazole rings is 1. The zero-order valence-electron chi connectivity index (χ0n) is 15.5. The van der Waals surface area contributed by atoms with Gasteiger partial charge in [0.15, 0.2) is 0 Å². The van der Waals surface area contributed by atoms with Crippen LogP contribution in [0.2, 0.25) is 0 Å². The maximum absolute atomic E-state index is 12.6. The number of rotatable bonds is 5. The highest BCUT2D eigenvalue weighted by atomic mass is 32.1. The number of carbonyl (C=O) groups is 2. The maximum Gasteiger partial charge on any atom is 0.263 e. The Morgan fingerprint density at radius 1 is 1.26 bits per heavy atom. The molecule has 0 saturated heterocycles. The second-order valence-corrected chi connectivity index (χ2v) is 8.34. The Bertz CT molecular complexity index is 973. The van der Waals surface area contributed by atoms with Gasteiger partial charge in [0.1, 0.15) is 5.82 Å². The maximum atomic E-state index is 12.6. The van der Waals surface area contributed by atoms with Gasteiger partial charge in [0.05, 0.1) is 22.0 Å². The Kier molecular flexibility index (Phi) is 4.47. The minimum absolute atomic E-state index is 0.0167. The molecule has 3 aromatic rings. The molecule has 6 nitrogen and oxygen atoms in total. The summed E-state index contributed by atoms with van der Waals surface area (Å²) in [5, 5.41) is 3.08. The molecule has 7 heteroatoms. The average Bonchev–Trinajstić information content (AvgIpc) is 3.11. The number of H-pyrrole nitrogens is 1. The van der Waals surface area contributed by atoms with Crippen molar-refractivity contribution < 1.29 is 9.59 Å². The monoisotopic (exact) mass is 382 g/mol. The molecule has 3 unspecified atom stereocenters. The van der Waals surface area contributed by atoms with Crippen LogP contribution in [0.15, 0.2) is 36.4 Å². The van der Waals surface area contributed by atoms with Crippen LogP contribution in [-0.4, -0.2) is 40.8 Å². The van der Waals surface area contributed by atoms with Crippen molar-refractivity contribution in [2.45, 2.75) is 25.3 Å². The highest BCUT2D eigenvalue weighted by Crippen LogP contribution is 2.47. The molecule has 1 aliphatic carbocycles. The first-order valence-electron chi connectivity index (χ1n) is 9.00. The molecule has 2 heterocycles. The number of aromatic nitrogens is 2. The number of para-hydroxylation sites is 2. The van der Waals surface area contributed by atoms with Gasteiger partial charge < -0.3 is 15.2 Å². The van der Waals surface area contributed by atoms with Crippen LogP contribution in [0.1, 0.15) is 45.7 Å². The molecule has 0 spiro atoms. The molecular weight excluding hydrogens is 360 g/mol. The Balaban J connectivity index is 1.39. The smallest absolute Gasteiger partial charge is 0.263 e. The van der Waals surface area contributed by atoms with Gasteiger partial charge in [-0.3, -0.25) is 9.59 Å². The van der Waals surface area contributed by atoms with E-state index in [1.807, 2.05) is 43.3 Å². The Hall–Kier alpha value is -2.67. The zero-order valence-corrected chi connectivity index (χ0v) is 16.3. The standard InChI is InChI=1S/C20H22N4O2S/c1-11(16-8-9-17(27-16)20(26)24(2)3)21-19(25)13-10-12(13)18-22-14-6-4-5-7-15(14)23-18/h4-9,11-13H,10H2,1-3H3,(H,21,25)(H,22,23). The van der Waals surface area contributed by atoms with E-state index in [-0.39, 0.29) is 29.7 Å². The molecule has 0 radical (unpaired) electrons. The van der Waals surface area contributed by atoms with Crippen LogP contribution >= 0.6 is 11.3 Å². The number of hydrogen-bond donors (Lipinski definition) is 2. The fraction of sp³-hybridized carbons (Fsp3) is 0.350. The highest BCUT2D eigenvalue weighted by molar-refractivity contribution is 7.14. The van der Waals surface area contributed by atoms with E-state index in [9.17, 15) is 9.59 Å².